The van der Waals surface area contributed by atoms with Crippen molar-refractivity contribution in [2.75, 3.05) is 0 Å². The molecule has 0 saturated carbocycles. The van der Waals surface area contributed by atoms with Gasteiger partial charge in [0.1, 0.15) is 11.6 Å². The van der Waals surface area contributed by atoms with Gasteiger partial charge in [0.2, 0.25) is 0 Å². The van der Waals surface area contributed by atoms with Gasteiger partial charge in [-0.1, -0.05) is 29.8 Å². The van der Waals surface area contributed by atoms with Crippen LogP contribution >= 0.6 is 11.6 Å². The first-order chi connectivity index (χ1) is 8.20. The number of hydrogen-bond acceptors (Lipinski definition) is 3. The van der Waals surface area contributed by atoms with Crippen molar-refractivity contribution in [3.05, 3.63) is 48.0 Å². The van der Waals surface area contributed by atoms with Gasteiger partial charge in [-0.05, 0) is 6.07 Å². The van der Waals surface area contributed by atoms with Crippen molar-refractivity contribution in [2.45, 2.75) is 17.6 Å². The summed E-state index contributed by atoms with van der Waals surface area (Å²) in [7, 11) is 0. The molecule has 17 heavy (non-hydrogen) atoms. The predicted octanol–water partition coefficient (Wildman–Crippen LogP) is 1.99. The molecule has 88 valence electrons. The Morgan fingerprint density at radius 2 is 2.29 bits per heavy atom. The minimum absolute atomic E-state index is 0.263. The van der Waals surface area contributed by atoms with Crippen LogP contribution < -0.4 is 4.74 Å². The number of aliphatic hydroxyl groups is 1. The third-order valence-corrected chi connectivity index (χ3v) is 3.18. The Labute approximate surface area is 103 Å². The molecule has 0 radical (unpaired) electrons. The van der Waals surface area contributed by atoms with E-state index in [1.165, 1.54) is 0 Å². The van der Waals surface area contributed by atoms with Crippen LogP contribution in [0.4, 0.5) is 0 Å². The van der Waals surface area contributed by atoms with Gasteiger partial charge in [-0.2, -0.15) is 0 Å². The molecule has 3 rings (SSSR count). The number of imidazole rings is 1. The Bertz CT molecular complexity index is 529. The molecule has 0 saturated heterocycles. The van der Waals surface area contributed by atoms with E-state index in [4.69, 9.17) is 16.3 Å². The summed E-state index contributed by atoms with van der Waals surface area (Å²) in [5.74, 6) is 1.08. The molecule has 0 amide bonds. The number of aromatic nitrogens is 2. The lowest BCUT2D eigenvalue weighted by Gasteiger charge is -2.35. The number of H-pyrrole nitrogens is 1. The SMILES string of the molecule is OC1(c2ncc[nH]2)CC(Cl)Oc2ccccc21. The van der Waals surface area contributed by atoms with Crippen LogP contribution in [0.1, 0.15) is 17.8 Å². The second kappa shape index (κ2) is 3.75. The fourth-order valence-corrected chi connectivity index (χ4v) is 2.47. The van der Waals surface area contributed by atoms with Gasteiger partial charge in [-0.3, -0.25) is 0 Å². The first kappa shape index (κ1) is 10.6. The lowest BCUT2D eigenvalue weighted by molar-refractivity contribution is 0.0175. The van der Waals surface area contributed by atoms with Crippen LogP contribution in [0.2, 0.25) is 0 Å². The van der Waals surface area contributed by atoms with Gasteiger partial charge in [-0.25, -0.2) is 4.98 Å². The molecule has 1 aromatic heterocycles. The summed E-state index contributed by atoms with van der Waals surface area (Å²) in [6.07, 6.45) is 3.54. The second-order valence-corrected chi connectivity index (χ2v) is 4.51. The maximum atomic E-state index is 10.8. The van der Waals surface area contributed by atoms with E-state index < -0.39 is 11.2 Å². The van der Waals surface area contributed by atoms with Crippen LogP contribution in [-0.4, -0.2) is 20.6 Å². The highest BCUT2D eigenvalue weighted by molar-refractivity contribution is 6.20. The van der Waals surface area contributed by atoms with Crippen molar-refractivity contribution < 1.29 is 9.84 Å². The fraction of sp³-hybridized carbons (Fsp3) is 0.250. The largest absolute Gasteiger partial charge is 0.474 e. The van der Waals surface area contributed by atoms with Crippen molar-refractivity contribution in [1.29, 1.82) is 0 Å². The smallest absolute Gasteiger partial charge is 0.175 e. The van der Waals surface area contributed by atoms with Crippen molar-refractivity contribution in [3.63, 3.8) is 0 Å². The summed E-state index contributed by atoms with van der Waals surface area (Å²) in [6.45, 7) is 0. The van der Waals surface area contributed by atoms with Gasteiger partial charge in [0.05, 0.1) is 0 Å². The number of aromatic amines is 1. The highest BCUT2D eigenvalue weighted by atomic mass is 35.5. The Hall–Kier alpha value is -1.52. The van der Waals surface area contributed by atoms with E-state index in [0.717, 1.165) is 0 Å². The van der Waals surface area contributed by atoms with Crippen LogP contribution in [0.25, 0.3) is 0 Å². The standard InChI is InChI=1S/C12H11ClN2O2/c13-10-7-12(16,11-14-5-6-15-11)8-3-1-2-4-9(8)17-10/h1-6,10,16H,7H2,(H,14,15). The highest BCUT2D eigenvalue weighted by Gasteiger charge is 2.42. The number of halogens is 1. The number of nitrogens with one attached hydrogen (secondary N) is 1. The summed E-state index contributed by atoms with van der Waals surface area (Å²) in [5.41, 5.74) is -1.10. The monoisotopic (exact) mass is 250 g/mol. The van der Waals surface area contributed by atoms with Gasteiger partial charge in [0.15, 0.2) is 11.2 Å². The molecule has 0 bridgehead atoms. The van der Waals surface area contributed by atoms with Gasteiger partial charge < -0.3 is 14.8 Å². The zero-order valence-electron chi connectivity index (χ0n) is 8.93. The fourth-order valence-electron chi connectivity index (χ4n) is 2.15. The van der Waals surface area contributed by atoms with E-state index in [2.05, 4.69) is 9.97 Å². The Kier molecular flexibility index (Phi) is 2.34. The van der Waals surface area contributed by atoms with E-state index in [0.29, 0.717) is 17.1 Å². The van der Waals surface area contributed by atoms with Gasteiger partial charge in [0, 0.05) is 24.4 Å². The number of nitrogens with zero attached hydrogens (tertiary/aromatic N) is 1. The van der Waals surface area contributed by atoms with E-state index in [1.54, 1.807) is 18.5 Å². The Morgan fingerprint density at radius 3 is 3.06 bits per heavy atom. The number of ether oxygens (including phenoxy) is 1. The lowest BCUT2D eigenvalue weighted by Crippen LogP contribution is -2.38. The maximum absolute atomic E-state index is 10.8. The Balaban J connectivity index is 2.18. The van der Waals surface area contributed by atoms with E-state index in [9.17, 15) is 5.11 Å². The molecule has 2 unspecified atom stereocenters. The van der Waals surface area contributed by atoms with Crippen molar-refractivity contribution in [2.24, 2.45) is 0 Å². The van der Waals surface area contributed by atoms with Crippen LogP contribution in [0, 0.1) is 0 Å². The van der Waals surface area contributed by atoms with E-state index in [1.807, 2.05) is 18.2 Å². The number of benzene rings is 1. The molecule has 2 atom stereocenters. The summed E-state index contributed by atoms with van der Waals surface area (Å²) >= 11 is 6.02. The van der Waals surface area contributed by atoms with Crippen molar-refractivity contribution in [3.8, 4) is 5.75 Å². The van der Waals surface area contributed by atoms with Gasteiger partial charge in [0.25, 0.3) is 0 Å². The van der Waals surface area contributed by atoms with E-state index >= 15 is 0 Å². The predicted molar refractivity (Wildman–Crippen MR) is 62.9 cm³/mol. The Morgan fingerprint density at radius 1 is 1.47 bits per heavy atom. The van der Waals surface area contributed by atoms with Crippen LogP contribution in [0.5, 0.6) is 5.75 Å². The van der Waals surface area contributed by atoms with Gasteiger partial charge in [-0.15, -0.1) is 0 Å². The minimum atomic E-state index is -1.22. The molecule has 2 N–H and O–H groups in total. The molecule has 0 spiro atoms. The van der Waals surface area contributed by atoms with Crippen molar-refractivity contribution in [1.82, 2.24) is 9.97 Å². The average Bonchev–Trinajstić information content (AvgIpc) is 2.82. The number of fused-ring (bicyclic) bond motifs is 1. The summed E-state index contributed by atoms with van der Waals surface area (Å²) in [5, 5.41) is 10.8. The molecule has 1 aliphatic rings. The molecule has 0 fully saturated rings. The zero-order valence-corrected chi connectivity index (χ0v) is 9.69. The lowest BCUT2D eigenvalue weighted by atomic mass is 9.87. The first-order valence-electron chi connectivity index (χ1n) is 5.32. The van der Waals surface area contributed by atoms with Crippen LogP contribution in [0.3, 0.4) is 0 Å². The second-order valence-electron chi connectivity index (χ2n) is 4.03. The number of alkyl halides is 1. The zero-order chi connectivity index (χ0) is 11.9. The average molecular weight is 251 g/mol. The normalized spacial score (nSPS) is 27.3. The molecule has 1 aromatic carbocycles. The van der Waals surface area contributed by atoms with E-state index in [-0.39, 0.29) is 6.42 Å². The van der Waals surface area contributed by atoms with Crippen LogP contribution in [-0.2, 0) is 5.60 Å². The first-order valence-corrected chi connectivity index (χ1v) is 5.76. The third-order valence-electron chi connectivity index (χ3n) is 2.93. The maximum Gasteiger partial charge on any atom is 0.175 e. The minimum Gasteiger partial charge on any atom is -0.474 e. The number of hydrogen-bond donors (Lipinski definition) is 2. The number of rotatable bonds is 1. The molecular formula is C12H11ClN2O2. The number of para-hydroxylation sites is 1. The molecule has 2 aromatic rings. The molecule has 4 nitrogen and oxygen atoms in total. The summed E-state index contributed by atoms with van der Waals surface area (Å²) < 4.78 is 5.49. The topological polar surface area (TPSA) is 58.1 Å². The van der Waals surface area contributed by atoms with Crippen LogP contribution in [0.15, 0.2) is 36.7 Å². The summed E-state index contributed by atoms with van der Waals surface area (Å²) in [4.78, 5) is 7.06. The molecule has 0 aliphatic carbocycles. The molecule has 1 aliphatic heterocycles. The molecule has 5 heteroatoms. The quantitative estimate of drug-likeness (QED) is 0.761. The highest BCUT2D eigenvalue weighted by Crippen LogP contribution is 2.43. The summed E-state index contributed by atoms with van der Waals surface area (Å²) in [6, 6.07) is 7.30. The molecular weight excluding hydrogens is 240 g/mol. The van der Waals surface area contributed by atoms with Gasteiger partial charge >= 0.3 is 0 Å². The van der Waals surface area contributed by atoms with Crippen molar-refractivity contribution >= 4 is 11.6 Å². The third kappa shape index (κ3) is 1.61. The molecule has 2 heterocycles.